The molecule has 0 aromatic heterocycles. The topological polar surface area (TPSA) is 30.5 Å². The number of rotatable bonds is 6. The van der Waals surface area contributed by atoms with E-state index in [4.69, 9.17) is 21.3 Å². The molecule has 0 radical (unpaired) electrons. The molecule has 3 nitrogen and oxygen atoms in total. The molecule has 2 atom stereocenters. The highest BCUT2D eigenvalue weighted by Crippen LogP contribution is 2.01. The van der Waals surface area contributed by atoms with Crippen LogP contribution in [0.4, 0.5) is 0 Å². The molecule has 0 saturated heterocycles. The quantitative estimate of drug-likeness (QED) is 0.498. The summed E-state index contributed by atoms with van der Waals surface area (Å²) in [6, 6.07) is 0. The van der Waals surface area contributed by atoms with Gasteiger partial charge in [0.05, 0.1) is 12.2 Å². The summed E-state index contributed by atoms with van der Waals surface area (Å²) in [5.41, 5.74) is 0. The third kappa shape index (κ3) is 5.44. The summed E-state index contributed by atoms with van der Waals surface area (Å²) >= 11 is 5.21. The predicted octanol–water partition coefficient (Wildman–Crippen LogP) is 1.52. The number of ether oxygens (including phenoxy) is 2. The van der Waals surface area contributed by atoms with Gasteiger partial charge in [-0.1, -0.05) is 0 Å². The van der Waals surface area contributed by atoms with E-state index >= 15 is 0 Å². The Morgan fingerprint density at radius 1 is 1.27 bits per heavy atom. The lowest BCUT2D eigenvalue weighted by Crippen LogP contribution is -2.28. The van der Waals surface area contributed by atoms with E-state index in [2.05, 4.69) is 4.84 Å². The van der Waals surface area contributed by atoms with Crippen molar-refractivity contribution in [3.8, 4) is 0 Å². The number of hydrogen-bond donors (Lipinski definition) is 1. The Morgan fingerprint density at radius 3 is 2.27 bits per heavy atom. The Balaban J connectivity index is 3.38. The summed E-state index contributed by atoms with van der Waals surface area (Å²) in [6.07, 6.45) is 0.186. The first-order valence-corrected chi connectivity index (χ1v) is 4.16. The molecule has 0 spiro atoms. The van der Waals surface area contributed by atoms with Crippen LogP contribution in [-0.2, 0) is 9.47 Å². The Morgan fingerprint density at radius 2 is 1.82 bits per heavy atom. The van der Waals surface area contributed by atoms with Crippen LogP contribution < -0.4 is 4.84 Å². The molecule has 0 aliphatic rings. The van der Waals surface area contributed by atoms with Crippen LogP contribution in [0.15, 0.2) is 0 Å². The van der Waals surface area contributed by atoms with Crippen LogP contribution in [0.25, 0.3) is 0 Å². The van der Waals surface area contributed by atoms with Crippen LogP contribution in [0.5, 0.6) is 0 Å². The molecule has 0 aromatic rings. The maximum Gasteiger partial charge on any atom is 0.110 e. The summed E-state index contributed by atoms with van der Waals surface area (Å²) in [5.74, 6) is 0. The van der Waals surface area contributed by atoms with E-state index in [1.54, 1.807) is 0 Å². The molecular weight excluding hydrogens is 166 g/mol. The Hall–Kier alpha value is 0.170. The molecular formula is C7H16ClNO2. The minimum Gasteiger partial charge on any atom is -0.376 e. The smallest absolute Gasteiger partial charge is 0.110 e. The number of hydrogen-bond acceptors (Lipinski definition) is 3. The SMILES string of the molecule is CCOC(C)[C@@H](C)OCNCl. The highest BCUT2D eigenvalue weighted by atomic mass is 35.5. The summed E-state index contributed by atoms with van der Waals surface area (Å²) in [4.78, 5) is 2.39. The molecule has 0 bridgehead atoms. The average Bonchev–Trinajstić information content (AvgIpc) is 2.00. The minimum atomic E-state index is 0.0706. The van der Waals surface area contributed by atoms with Crippen molar-refractivity contribution in [1.82, 2.24) is 4.84 Å². The lowest BCUT2D eigenvalue weighted by atomic mass is 10.2. The van der Waals surface area contributed by atoms with E-state index < -0.39 is 0 Å². The van der Waals surface area contributed by atoms with Crippen LogP contribution in [0.3, 0.4) is 0 Å². The van der Waals surface area contributed by atoms with Gasteiger partial charge in [-0.15, -0.1) is 0 Å². The summed E-state index contributed by atoms with van der Waals surface area (Å²) in [5, 5.41) is 0. The van der Waals surface area contributed by atoms with Gasteiger partial charge in [-0.25, -0.2) is 4.84 Å². The van der Waals surface area contributed by atoms with Gasteiger partial charge in [-0.05, 0) is 32.5 Å². The molecule has 1 N–H and O–H groups in total. The second-order valence-corrected chi connectivity index (χ2v) is 2.58. The average molecular weight is 182 g/mol. The fourth-order valence-electron chi connectivity index (χ4n) is 0.697. The Kier molecular flexibility index (Phi) is 6.96. The maximum atomic E-state index is 5.30. The van der Waals surface area contributed by atoms with Gasteiger partial charge in [0, 0.05) is 6.61 Å². The normalized spacial score (nSPS) is 16.4. The highest BCUT2D eigenvalue weighted by molar-refractivity contribution is 6.13. The summed E-state index contributed by atoms with van der Waals surface area (Å²) in [7, 11) is 0. The first kappa shape index (κ1) is 11.2. The van der Waals surface area contributed by atoms with Crippen LogP contribution in [0.2, 0.25) is 0 Å². The van der Waals surface area contributed by atoms with Gasteiger partial charge in [-0.3, -0.25) is 0 Å². The zero-order chi connectivity index (χ0) is 8.69. The molecule has 0 heterocycles. The van der Waals surface area contributed by atoms with Crippen molar-refractivity contribution in [3.05, 3.63) is 0 Å². The van der Waals surface area contributed by atoms with Crippen LogP contribution in [0, 0.1) is 0 Å². The van der Waals surface area contributed by atoms with E-state index in [1.165, 1.54) is 0 Å². The zero-order valence-electron chi connectivity index (χ0n) is 7.26. The van der Waals surface area contributed by atoms with Gasteiger partial charge in [0.2, 0.25) is 0 Å². The van der Waals surface area contributed by atoms with Crippen molar-refractivity contribution in [3.63, 3.8) is 0 Å². The molecule has 0 aliphatic carbocycles. The van der Waals surface area contributed by atoms with E-state index in [9.17, 15) is 0 Å². The number of halogens is 1. The van der Waals surface area contributed by atoms with Crippen LogP contribution >= 0.6 is 11.8 Å². The van der Waals surface area contributed by atoms with Crippen molar-refractivity contribution in [2.24, 2.45) is 0 Å². The first-order valence-electron chi connectivity index (χ1n) is 3.79. The molecule has 0 amide bonds. The third-order valence-corrected chi connectivity index (χ3v) is 1.60. The predicted molar refractivity (Wildman–Crippen MR) is 45.5 cm³/mol. The lowest BCUT2D eigenvalue weighted by Gasteiger charge is -2.19. The molecule has 0 rings (SSSR count). The van der Waals surface area contributed by atoms with Crippen molar-refractivity contribution >= 4 is 11.8 Å². The van der Waals surface area contributed by atoms with Crippen molar-refractivity contribution in [1.29, 1.82) is 0 Å². The monoisotopic (exact) mass is 181 g/mol. The molecule has 11 heavy (non-hydrogen) atoms. The number of nitrogens with one attached hydrogen (secondary N) is 1. The van der Waals surface area contributed by atoms with Gasteiger partial charge in [0.15, 0.2) is 0 Å². The van der Waals surface area contributed by atoms with Gasteiger partial charge in [0.1, 0.15) is 6.73 Å². The Labute approximate surface area is 73.1 Å². The lowest BCUT2D eigenvalue weighted by molar-refractivity contribution is -0.0537. The van der Waals surface area contributed by atoms with Crippen LogP contribution in [-0.4, -0.2) is 25.5 Å². The molecule has 0 saturated carbocycles. The van der Waals surface area contributed by atoms with Crippen molar-refractivity contribution in [2.75, 3.05) is 13.3 Å². The fourth-order valence-corrected chi connectivity index (χ4v) is 0.760. The van der Waals surface area contributed by atoms with E-state index in [-0.39, 0.29) is 12.2 Å². The standard InChI is InChI=1S/C7H16ClNO2/c1-4-10-6(2)7(3)11-5-9-8/h6-7,9H,4-5H2,1-3H3/t6?,7-/m1/s1. The van der Waals surface area contributed by atoms with Gasteiger partial charge < -0.3 is 9.47 Å². The van der Waals surface area contributed by atoms with E-state index in [0.29, 0.717) is 13.3 Å². The van der Waals surface area contributed by atoms with E-state index in [0.717, 1.165) is 0 Å². The molecule has 4 heteroatoms. The van der Waals surface area contributed by atoms with Gasteiger partial charge in [-0.2, -0.15) is 0 Å². The minimum absolute atomic E-state index is 0.0706. The fraction of sp³-hybridized carbons (Fsp3) is 1.00. The van der Waals surface area contributed by atoms with Crippen LogP contribution in [0.1, 0.15) is 20.8 Å². The summed E-state index contributed by atoms with van der Waals surface area (Å²) < 4.78 is 10.5. The van der Waals surface area contributed by atoms with Crippen molar-refractivity contribution in [2.45, 2.75) is 33.0 Å². The van der Waals surface area contributed by atoms with E-state index in [1.807, 2.05) is 20.8 Å². The maximum absolute atomic E-state index is 5.30. The Bertz CT molecular complexity index is 92.5. The van der Waals surface area contributed by atoms with Gasteiger partial charge >= 0.3 is 0 Å². The zero-order valence-corrected chi connectivity index (χ0v) is 8.02. The largest absolute Gasteiger partial charge is 0.376 e. The summed E-state index contributed by atoms with van der Waals surface area (Å²) in [6.45, 7) is 6.95. The first-order chi connectivity index (χ1) is 5.22. The second-order valence-electron chi connectivity index (χ2n) is 2.31. The molecule has 0 aromatic carbocycles. The molecule has 68 valence electrons. The molecule has 0 fully saturated rings. The second kappa shape index (κ2) is 6.85. The van der Waals surface area contributed by atoms with Gasteiger partial charge in [0.25, 0.3) is 0 Å². The van der Waals surface area contributed by atoms with Crippen molar-refractivity contribution < 1.29 is 9.47 Å². The molecule has 0 aliphatic heterocycles. The highest BCUT2D eigenvalue weighted by Gasteiger charge is 2.11. The molecule has 1 unspecified atom stereocenters. The third-order valence-electron chi connectivity index (χ3n) is 1.49.